The summed E-state index contributed by atoms with van der Waals surface area (Å²) < 4.78 is 7.08. The molecule has 0 spiro atoms. The average Bonchev–Trinajstić information content (AvgIpc) is 2.51. The highest BCUT2D eigenvalue weighted by atomic mass is 16.5. The van der Waals surface area contributed by atoms with Crippen LogP contribution < -0.4 is 5.73 Å². The van der Waals surface area contributed by atoms with E-state index in [0.29, 0.717) is 12.4 Å². The molecule has 1 aromatic heterocycles. The largest absolute Gasteiger partial charge is 0.381 e. The number of aromatic nitrogens is 3. The second-order valence-electron chi connectivity index (χ2n) is 3.09. The zero-order valence-corrected chi connectivity index (χ0v) is 8.86. The molecule has 0 saturated carbocycles. The van der Waals surface area contributed by atoms with Crippen molar-refractivity contribution in [3.8, 4) is 0 Å². The molecule has 1 rings (SSSR count). The maximum Gasteiger partial charge on any atom is 0.169 e. The fourth-order valence-electron chi connectivity index (χ4n) is 1.32. The summed E-state index contributed by atoms with van der Waals surface area (Å²) in [4.78, 5) is 0. The molecule has 0 saturated heterocycles. The summed E-state index contributed by atoms with van der Waals surface area (Å²) in [6, 6.07) is 0. The average molecular weight is 198 g/mol. The number of hydrogen-bond donors (Lipinski definition) is 1. The molecule has 0 atom stereocenters. The predicted molar refractivity (Wildman–Crippen MR) is 54.9 cm³/mol. The van der Waals surface area contributed by atoms with Crippen molar-refractivity contribution in [2.24, 2.45) is 0 Å². The summed E-state index contributed by atoms with van der Waals surface area (Å²) in [6.45, 7) is 6.21. The Labute approximate surface area is 84.2 Å². The molecule has 0 bridgehead atoms. The van der Waals surface area contributed by atoms with Crippen molar-refractivity contribution in [3.63, 3.8) is 0 Å². The van der Waals surface area contributed by atoms with Crippen LogP contribution >= 0.6 is 0 Å². The van der Waals surface area contributed by atoms with Gasteiger partial charge in [0.1, 0.15) is 0 Å². The van der Waals surface area contributed by atoms with E-state index in [4.69, 9.17) is 10.5 Å². The summed E-state index contributed by atoms with van der Waals surface area (Å²) in [5, 5.41) is 7.82. The molecule has 2 N–H and O–H groups in total. The summed E-state index contributed by atoms with van der Waals surface area (Å²) in [6.07, 6.45) is 1.97. The van der Waals surface area contributed by atoms with Gasteiger partial charge in [0.15, 0.2) is 5.82 Å². The fourth-order valence-corrected chi connectivity index (χ4v) is 1.32. The van der Waals surface area contributed by atoms with E-state index in [1.54, 1.807) is 0 Å². The second-order valence-corrected chi connectivity index (χ2v) is 3.09. The zero-order valence-electron chi connectivity index (χ0n) is 8.86. The van der Waals surface area contributed by atoms with Crippen molar-refractivity contribution >= 4 is 5.82 Å². The molecule has 0 aliphatic rings. The second kappa shape index (κ2) is 5.59. The number of nitrogens with two attached hydrogens (primary N) is 1. The van der Waals surface area contributed by atoms with E-state index in [1.165, 1.54) is 0 Å². The molecule has 0 aliphatic carbocycles. The number of nitrogens with zero attached hydrogens (tertiary/aromatic N) is 3. The van der Waals surface area contributed by atoms with Gasteiger partial charge in [-0.15, -0.1) is 5.10 Å². The standard InChI is InChI=1S/C9H18N4O/c1-3-5-8-9(10)11-12-13(8)6-7-14-4-2/h3-7,10H2,1-2H3. The van der Waals surface area contributed by atoms with Crippen LogP contribution in [0.5, 0.6) is 0 Å². The molecular weight excluding hydrogens is 180 g/mol. The van der Waals surface area contributed by atoms with Gasteiger partial charge in [-0.1, -0.05) is 18.6 Å². The van der Waals surface area contributed by atoms with Crippen LogP contribution in [-0.4, -0.2) is 28.2 Å². The summed E-state index contributed by atoms with van der Waals surface area (Å²) in [5.41, 5.74) is 6.72. The summed E-state index contributed by atoms with van der Waals surface area (Å²) >= 11 is 0. The molecule has 0 aromatic carbocycles. The van der Waals surface area contributed by atoms with Crippen molar-refractivity contribution in [1.82, 2.24) is 15.0 Å². The van der Waals surface area contributed by atoms with Gasteiger partial charge < -0.3 is 10.5 Å². The molecule has 5 heteroatoms. The van der Waals surface area contributed by atoms with E-state index in [1.807, 2.05) is 11.6 Å². The van der Waals surface area contributed by atoms with Crippen LogP contribution in [0, 0.1) is 0 Å². The molecule has 80 valence electrons. The van der Waals surface area contributed by atoms with Crippen LogP contribution in [0.1, 0.15) is 26.0 Å². The molecule has 0 unspecified atom stereocenters. The molecule has 0 amide bonds. The molecule has 14 heavy (non-hydrogen) atoms. The Morgan fingerprint density at radius 2 is 2.21 bits per heavy atom. The Morgan fingerprint density at radius 3 is 2.86 bits per heavy atom. The molecular formula is C9H18N4O. The Bertz CT molecular complexity index is 272. The Balaban J connectivity index is 2.56. The normalized spacial score (nSPS) is 10.7. The van der Waals surface area contributed by atoms with Gasteiger partial charge in [-0.25, -0.2) is 4.68 Å². The fraction of sp³-hybridized carbons (Fsp3) is 0.778. The molecule has 0 radical (unpaired) electrons. The predicted octanol–water partition coefficient (Wildman–Crippen LogP) is 0.849. The lowest BCUT2D eigenvalue weighted by Gasteiger charge is -2.05. The number of hydrogen-bond acceptors (Lipinski definition) is 4. The quantitative estimate of drug-likeness (QED) is 0.688. The maximum absolute atomic E-state index is 5.70. The van der Waals surface area contributed by atoms with Crippen molar-refractivity contribution in [2.75, 3.05) is 18.9 Å². The van der Waals surface area contributed by atoms with Crippen molar-refractivity contribution < 1.29 is 4.74 Å². The number of rotatable bonds is 6. The van der Waals surface area contributed by atoms with E-state index >= 15 is 0 Å². The third-order valence-electron chi connectivity index (χ3n) is 2.01. The van der Waals surface area contributed by atoms with Gasteiger partial charge in [0.05, 0.1) is 18.8 Å². The van der Waals surface area contributed by atoms with Crippen LogP contribution in [0.15, 0.2) is 0 Å². The number of anilines is 1. The lowest BCUT2D eigenvalue weighted by atomic mass is 10.2. The summed E-state index contributed by atoms with van der Waals surface area (Å²) in [7, 11) is 0. The van der Waals surface area contributed by atoms with Gasteiger partial charge in [-0.2, -0.15) is 0 Å². The number of ether oxygens (including phenoxy) is 1. The monoisotopic (exact) mass is 198 g/mol. The van der Waals surface area contributed by atoms with E-state index in [-0.39, 0.29) is 0 Å². The van der Waals surface area contributed by atoms with Crippen LogP contribution in [0.3, 0.4) is 0 Å². The molecule has 0 aliphatic heterocycles. The lowest BCUT2D eigenvalue weighted by Crippen LogP contribution is -2.11. The molecule has 1 heterocycles. The molecule has 0 fully saturated rings. The maximum atomic E-state index is 5.70. The molecule has 5 nitrogen and oxygen atoms in total. The Kier molecular flexibility index (Phi) is 4.39. The highest BCUT2D eigenvalue weighted by Gasteiger charge is 2.08. The van der Waals surface area contributed by atoms with Crippen molar-refractivity contribution in [3.05, 3.63) is 5.69 Å². The van der Waals surface area contributed by atoms with Crippen LogP contribution in [-0.2, 0) is 17.7 Å². The van der Waals surface area contributed by atoms with Crippen LogP contribution in [0.25, 0.3) is 0 Å². The first kappa shape index (κ1) is 11.0. The topological polar surface area (TPSA) is 66.0 Å². The van der Waals surface area contributed by atoms with Gasteiger partial charge in [-0.3, -0.25) is 0 Å². The van der Waals surface area contributed by atoms with Crippen molar-refractivity contribution in [1.29, 1.82) is 0 Å². The van der Waals surface area contributed by atoms with Gasteiger partial charge >= 0.3 is 0 Å². The van der Waals surface area contributed by atoms with Gasteiger partial charge in [0.2, 0.25) is 0 Å². The van der Waals surface area contributed by atoms with E-state index in [9.17, 15) is 0 Å². The number of nitrogen functional groups attached to an aromatic ring is 1. The van der Waals surface area contributed by atoms with E-state index < -0.39 is 0 Å². The van der Waals surface area contributed by atoms with Crippen molar-refractivity contribution in [2.45, 2.75) is 33.2 Å². The zero-order chi connectivity index (χ0) is 10.4. The van der Waals surface area contributed by atoms with E-state index in [0.717, 1.165) is 31.7 Å². The minimum absolute atomic E-state index is 0.545. The highest BCUT2D eigenvalue weighted by Crippen LogP contribution is 2.09. The van der Waals surface area contributed by atoms with E-state index in [2.05, 4.69) is 17.2 Å². The van der Waals surface area contributed by atoms with Gasteiger partial charge in [0.25, 0.3) is 0 Å². The smallest absolute Gasteiger partial charge is 0.169 e. The Morgan fingerprint density at radius 1 is 1.43 bits per heavy atom. The Hall–Kier alpha value is -1.10. The third kappa shape index (κ3) is 2.70. The van der Waals surface area contributed by atoms with Gasteiger partial charge in [-0.05, 0) is 13.3 Å². The highest BCUT2D eigenvalue weighted by molar-refractivity contribution is 5.32. The van der Waals surface area contributed by atoms with Gasteiger partial charge in [0, 0.05) is 6.61 Å². The summed E-state index contributed by atoms with van der Waals surface area (Å²) in [5.74, 6) is 0.545. The first-order valence-corrected chi connectivity index (χ1v) is 5.05. The lowest BCUT2D eigenvalue weighted by molar-refractivity contribution is 0.135. The minimum atomic E-state index is 0.545. The third-order valence-corrected chi connectivity index (χ3v) is 2.01. The SMILES string of the molecule is CCCc1c(N)nnn1CCOCC. The first-order chi connectivity index (χ1) is 6.79. The molecule has 1 aromatic rings. The van der Waals surface area contributed by atoms with Crippen LogP contribution in [0.4, 0.5) is 5.82 Å². The van der Waals surface area contributed by atoms with Crippen LogP contribution in [0.2, 0.25) is 0 Å². The minimum Gasteiger partial charge on any atom is -0.381 e. The first-order valence-electron chi connectivity index (χ1n) is 5.05.